The van der Waals surface area contributed by atoms with Crippen molar-refractivity contribution in [2.45, 2.75) is 32.1 Å². The predicted molar refractivity (Wildman–Crippen MR) is 89.9 cm³/mol. The highest BCUT2D eigenvalue weighted by atomic mass is 15.3. The van der Waals surface area contributed by atoms with Crippen LogP contribution in [0.1, 0.15) is 36.9 Å². The number of nitrogens with zero attached hydrogens (tertiary/aromatic N) is 3. The summed E-state index contributed by atoms with van der Waals surface area (Å²) in [5.41, 5.74) is 10.7. The second-order valence-corrected chi connectivity index (χ2v) is 5.77. The van der Waals surface area contributed by atoms with Crippen molar-refractivity contribution in [1.82, 2.24) is 19.9 Å². The molecule has 0 atom stereocenters. The Kier molecular flexibility index (Phi) is 4.24. The molecule has 2 aromatic heterocycles. The molecule has 2 aromatic rings. The van der Waals surface area contributed by atoms with Gasteiger partial charge in [0.15, 0.2) is 5.82 Å². The Labute approximate surface area is 130 Å². The van der Waals surface area contributed by atoms with Gasteiger partial charge in [0.2, 0.25) is 0 Å². The summed E-state index contributed by atoms with van der Waals surface area (Å²) < 4.78 is 1.99. The zero-order valence-corrected chi connectivity index (χ0v) is 13.0. The number of rotatable bonds is 4. The number of piperidine rings is 1. The van der Waals surface area contributed by atoms with Gasteiger partial charge in [0.1, 0.15) is 11.8 Å². The Hall–Kier alpha value is -2.14. The van der Waals surface area contributed by atoms with Crippen LogP contribution in [0, 0.1) is 0 Å². The average molecular weight is 297 g/mol. The maximum Gasteiger partial charge on any atom is 0.151 e. The van der Waals surface area contributed by atoms with Crippen molar-refractivity contribution in [3.05, 3.63) is 48.0 Å². The Morgan fingerprint density at radius 1 is 1.50 bits per heavy atom. The highest BCUT2D eigenvalue weighted by molar-refractivity contribution is 5.72. The summed E-state index contributed by atoms with van der Waals surface area (Å²) in [4.78, 5) is 4.17. The molecule has 5 heteroatoms. The molecule has 0 amide bonds. The number of allylic oxidation sites excluding steroid dienone is 3. The van der Waals surface area contributed by atoms with Crippen LogP contribution in [-0.2, 0) is 6.42 Å². The Bertz CT molecular complexity index is 707. The maximum absolute atomic E-state index is 6.13. The second kappa shape index (κ2) is 6.32. The third kappa shape index (κ3) is 2.64. The molecule has 0 aliphatic carbocycles. The first-order valence-electron chi connectivity index (χ1n) is 7.84. The fourth-order valence-corrected chi connectivity index (χ4v) is 3.23. The quantitative estimate of drug-likeness (QED) is 0.851. The minimum absolute atomic E-state index is 0.523. The molecular weight excluding hydrogens is 274 g/mol. The summed E-state index contributed by atoms with van der Waals surface area (Å²) in [5, 5.41) is 7.87. The van der Waals surface area contributed by atoms with Crippen LogP contribution in [0.4, 0.5) is 5.82 Å². The first-order valence-corrected chi connectivity index (χ1v) is 7.84. The highest BCUT2D eigenvalue weighted by Gasteiger charge is 2.22. The van der Waals surface area contributed by atoms with Crippen LogP contribution in [0.2, 0.25) is 0 Å². The zero-order chi connectivity index (χ0) is 15.5. The van der Waals surface area contributed by atoms with E-state index in [9.17, 15) is 0 Å². The molecule has 0 spiro atoms. The van der Waals surface area contributed by atoms with Gasteiger partial charge in [-0.15, -0.1) is 0 Å². The Morgan fingerprint density at radius 2 is 2.27 bits per heavy atom. The number of aromatic nitrogens is 3. The van der Waals surface area contributed by atoms with Gasteiger partial charge in [-0.1, -0.05) is 18.7 Å². The first-order chi connectivity index (χ1) is 10.7. The van der Waals surface area contributed by atoms with Gasteiger partial charge in [-0.3, -0.25) is 0 Å². The van der Waals surface area contributed by atoms with Crippen molar-refractivity contribution >= 4 is 11.3 Å². The largest absolute Gasteiger partial charge is 0.382 e. The lowest BCUT2D eigenvalue weighted by atomic mass is 9.94. The number of hydrogen-bond donors (Lipinski definition) is 2. The van der Waals surface area contributed by atoms with Crippen molar-refractivity contribution < 1.29 is 0 Å². The fourth-order valence-electron chi connectivity index (χ4n) is 3.23. The minimum Gasteiger partial charge on any atom is -0.382 e. The standard InChI is InChI=1S/C17H23N5/c1-3-12(4-2)9-14-10-15(13-5-7-19-8-6-13)22-16(14)17(18)20-11-21-22/h3-4,10-11,13,19H,1,5-9H2,2H3,(H2,18,20,21)/b12-4+. The summed E-state index contributed by atoms with van der Waals surface area (Å²) in [7, 11) is 0. The Morgan fingerprint density at radius 3 is 2.95 bits per heavy atom. The van der Waals surface area contributed by atoms with Crippen LogP contribution in [0.3, 0.4) is 0 Å². The van der Waals surface area contributed by atoms with Gasteiger partial charge in [-0.2, -0.15) is 5.10 Å². The molecular formula is C17H23N5. The van der Waals surface area contributed by atoms with Gasteiger partial charge in [0.25, 0.3) is 0 Å². The van der Waals surface area contributed by atoms with Crippen molar-refractivity contribution in [2.24, 2.45) is 0 Å². The Balaban J connectivity index is 2.09. The third-order valence-electron chi connectivity index (χ3n) is 4.47. The van der Waals surface area contributed by atoms with E-state index in [4.69, 9.17) is 5.73 Å². The zero-order valence-electron chi connectivity index (χ0n) is 13.0. The molecule has 1 aliphatic rings. The smallest absolute Gasteiger partial charge is 0.151 e. The van der Waals surface area contributed by atoms with E-state index in [-0.39, 0.29) is 0 Å². The SMILES string of the molecule is C=C/C(=C\C)Cc1cc(C2CCNCC2)n2ncnc(N)c12. The molecule has 0 unspecified atom stereocenters. The van der Waals surface area contributed by atoms with Crippen LogP contribution in [0.5, 0.6) is 0 Å². The molecule has 3 rings (SSSR count). The normalized spacial score (nSPS) is 17.0. The molecule has 0 saturated carbocycles. The molecule has 1 saturated heterocycles. The van der Waals surface area contributed by atoms with E-state index in [1.54, 1.807) is 6.33 Å². The average Bonchev–Trinajstić information content (AvgIpc) is 2.93. The summed E-state index contributed by atoms with van der Waals surface area (Å²) in [6.45, 7) is 8.02. The molecule has 22 heavy (non-hydrogen) atoms. The molecule has 1 fully saturated rings. The van der Waals surface area contributed by atoms with Crippen molar-refractivity contribution in [2.75, 3.05) is 18.8 Å². The number of nitrogens with one attached hydrogen (secondary N) is 1. The van der Waals surface area contributed by atoms with E-state index < -0.39 is 0 Å². The first kappa shape index (κ1) is 14.8. The molecule has 3 heterocycles. The van der Waals surface area contributed by atoms with Gasteiger partial charge < -0.3 is 11.1 Å². The van der Waals surface area contributed by atoms with Crippen LogP contribution in [-0.4, -0.2) is 27.7 Å². The molecule has 0 bridgehead atoms. The van der Waals surface area contributed by atoms with Crippen LogP contribution >= 0.6 is 0 Å². The summed E-state index contributed by atoms with van der Waals surface area (Å²) >= 11 is 0. The van der Waals surface area contributed by atoms with Gasteiger partial charge in [0.05, 0.1) is 0 Å². The molecule has 5 nitrogen and oxygen atoms in total. The van der Waals surface area contributed by atoms with Crippen LogP contribution in [0.15, 0.2) is 36.7 Å². The van der Waals surface area contributed by atoms with E-state index in [0.29, 0.717) is 11.7 Å². The van der Waals surface area contributed by atoms with Gasteiger partial charge >= 0.3 is 0 Å². The summed E-state index contributed by atoms with van der Waals surface area (Å²) in [5.74, 6) is 1.07. The fraction of sp³-hybridized carbons (Fsp3) is 0.412. The minimum atomic E-state index is 0.523. The maximum atomic E-state index is 6.13. The van der Waals surface area contributed by atoms with Crippen molar-refractivity contribution in [1.29, 1.82) is 0 Å². The van der Waals surface area contributed by atoms with E-state index in [1.165, 1.54) is 16.8 Å². The molecule has 0 aromatic carbocycles. The van der Waals surface area contributed by atoms with Crippen molar-refractivity contribution in [3.8, 4) is 0 Å². The predicted octanol–water partition coefficient (Wildman–Crippen LogP) is 2.45. The summed E-state index contributed by atoms with van der Waals surface area (Å²) in [6.07, 6.45) is 8.60. The number of hydrogen-bond acceptors (Lipinski definition) is 4. The summed E-state index contributed by atoms with van der Waals surface area (Å²) in [6, 6.07) is 2.25. The molecule has 116 valence electrons. The molecule has 3 N–H and O–H groups in total. The third-order valence-corrected chi connectivity index (χ3v) is 4.47. The highest BCUT2D eigenvalue weighted by Crippen LogP contribution is 2.31. The van der Waals surface area contributed by atoms with E-state index in [0.717, 1.165) is 37.9 Å². The van der Waals surface area contributed by atoms with Gasteiger partial charge in [-0.05, 0) is 56.5 Å². The van der Waals surface area contributed by atoms with E-state index in [1.807, 2.05) is 17.5 Å². The topological polar surface area (TPSA) is 68.2 Å². The lowest BCUT2D eigenvalue weighted by Gasteiger charge is -2.22. The monoisotopic (exact) mass is 297 g/mol. The van der Waals surface area contributed by atoms with E-state index >= 15 is 0 Å². The van der Waals surface area contributed by atoms with Crippen molar-refractivity contribution in [3.63, 3.8) is 0 Å². The lowest BCUT2D eigenvalue weighted by molar-refractivity contribution is 0.448. The van der Waals surface area contributed by atoms with Crippen LogP contribution < -0.4 is 11.1 Å². The molecule has 0 radical (unpaired) electrons. The van der Waals surface area contributed by atoms with Gasteiger partial charge in [-0.25, -0.2) is 9.50 Å². The van der Waals surface area contributed by atoms with E-state index in [2.05, 4.69) is 34.1 Å². The number of nitrogen functional groups attached to an aromatic ring is 1. The number of anilines is 1. The second-order valence-electron chi connectivity index (χ2n) is 5.77. The number of nitrogens with two attached hydrogens (primary N) is 1. The molecule has 1 aliphatic heterocycles. The lowest BCUT2D eigenvalue weighted by Crippen LogP contribution is -2.27. The van der Waals surface area contributed by atoms with Crippen LogP contribution in [0.25, 0.3) is 5.52 Å². The number of fused-ring (bicyclic) bond motifs is 1. The van der Waals surface area contributed by atoms with Gasteiger partial charge in [0, 0.05) is 11.6 Å².